The zero-order valence-electron chi connectivity index (χ0n) is 11.0. The lowest BCUT2D eigenvalue weighted by Gasteiger charge is -2.30. The Kier molecular flexibility index (Phi) is 3.71. The average Bonchev–Trinajstić information content (AvgIpc) is 2.72. The fourth-order valence-electron chi connectivity index (χ4n) is 2.58. The van der Waals surface area contributed by atoms with Crippen LogP contribution >= 0.6 is 0 Å². The lowest BCUT2D eigenvalue weighted by molar-refractivity contribution is -0.385. The Balaban J connectivity index is 2.32. The summed E-state index contributed by atoms with van der Waals surface area (Å²) in [5, 5.41) is 20.3. The number of rotatable bonds is 4. The van der Waals surface area contributed by atoms with Crippen LogP contribution in [0, 0.1) is 15.9 Å². The molecule has 0 radical (unpaired) electrons. The van der Waals surface area contributed by atoms with Crippen LogP contribution in [-0.4, -0.2) is 33.0 Å². The van der Waals surface area contributed by atoms with E-state index < -0.39 is 22.2 Å². The Morgan fingerprint density at radius 2 is 2.30 bits per heavy atom. The normalized spacial score (nSPS) is 22.9. The molecule has 1 N–H and O–H groups in total. The maximum atomic E-state index is 13.3. The molecule has 0 saturated carbocycles. The predicted octanol–water partition coefficient (Wildman–Crippen LogP) is 2.17. The monoisotopic (exact) mass is 282 g/mol. The smallest absolute Gasteiger partial charge is 0.323 e. The molecular weight excluding hydrogens is 267 g/mol. The highest BCUT2D eigenvalue weighted by molar-refractivity contribution is 5.78. The van der Waals surface area contributed by atoms with E-state index in [4.69, 9.17) is 0 Å². The van der Waals surface area contributed by atoms with Crippen LogP contribution in [0.25, 0.3) is 0 Å². The number of hydrogen-bond donors (Lipinski definition) is 1. The molecule has 1 unspecified atom stereocenters. The van der Waals surface area contributed by atoms with Gasteiger partial charge in [-0.1, -0.05) is 0 Å². The largest absolute Gasteiger partial charge is 0.480 e. The fraction of sp³-hybridized carbons (Fsp3) is 0.462. The number of nitro groups is 1. The van der Waals surface area contributed by atoms with Crippen molar-refractivity contribution in [2.24, 2.45) is 0 Å². The third-order valence-corrected chi connectivity index (χ3v) is 3.85. The van der Waals surface area contributed by atoms with E-state index in [-0.39, 0.29) is 17.8 Å². The van der Waals surface area contributed by atoms with Crippen molar-refractivity contribution in [2.45, 2.75) is 31.8 Å². The molecule has 20 heavy (non-hydrogen) atoms. The number of nitrogens with zero attached hydrogens (tertiary/aromatic N) is 2. The number of carbonyl (C=O) groups is 1. The number of aliphatic carboxylic acids is 1. The van der Waals surface area contributed by atoms with Crippen molar-refractivity contribution in [1.82, 2.24) is 4.90 Å². The number of carboxylic acid groups (broad SMARTS) is 1. The molecule has 0 aromatic heterocycles. The quantitative estimate of drug-likeness (QED) is 0.676. The molecule has 1 heterocycles. The van der Waals surface area contributed by atoms with Crippen molar-refractivity contribution in [3.8, 4) is 0 Å². The van der Waals surface area contributed by atoms with Gasteiger partial charge in [0.2, 0.25) is 0 Å². The number of likely N-dealkylation sites (tertiary alicyclic amines) is 1. The van der Waals surface area contributed by atoms with E-state index in [0.717, 1.165) is 18.2 Å². The maximum Gasteiger partial charge on any atom is 0.323 e. The van der Waals surface area contributed by atoms with E-state index in [1.54, 1.807) is 11.8 Å². The number of halogens is 1. The van der Waals surface area contributed by atoms with Gasteiger partial charge in [-0.3, -0.25) is 19.8 Å². The van der Waals surface area contributed by atoms with Crippen molar-refractivity contribution in [2.75, 3.05) is 6.54 Å². The second kappa shape index (κ2) is 5.16. The summed E-state index contributed by atoms with van der Waals surface area (Å²) in [6.45, 7) is 2.17. The van der Waals surface area contributed by atoms with Gasteiger partial charge >= 0.3 is 5.97 Å². The Hall–Kier alpha value is -2.02. The van der Waals surface area contributed by atoms with Crippen LogP contribution in [0.5, 0.6) is 0 Å². The van der Waals surface area contributed by atoms with E-state index in [2.05, 4.69) is 0 Å². The topological polar surface area (TPSA) is 83.7 Å². The third kappa shape index (κ3) is 2.49. The second-order valence-electron chi connectivity index (χ2n) is 5.13. The van der Waals surface area contributed by atoms with Crippen LogP contribution in [0.2, 0.25) is 0 Å². The van der Waals surface area contributed by atoms with Crippen LogP contribution < -0.4 is 0 Å². The van der Waals surface area contributed by atoms with Crippen LogP contribution in [-0.2, 0) is 11.3 Å². The molecule has 1 aliphatic rings. The van der Waals surface area contributed by atoms with E-state index in [0.29, 0.717) is 19.4 Å². The van der Waals surface area contributed by atoms with Gasteiger partial charge in [0.15, 0.2) is 0 Å². The molecule has 0 amide bonds. The summed E-state index contributed by atoms with van der Waals surface area (Å²) < 4.78 is 13.3. The summed E-state index contributed by atoms with van der Waals surface area (Å²) in [5.41, 5.74) is -1.05. The van der Waals surface area contributed by atoms with Gasteiger partial charge < -0.3 is 5.11 Å². The summed E-state index contributed by atoms with van der Waals surface area (Å²) in [6, 6.07) is 3.24. The molecule has 1 saturated heterocycles. The van der Waals surface area contributed by atoms with Crippen molar-refractivity contribution in [1.29, 1.82) is 0 Å². The second-order valence-corrected chi connectivity index (χ2v) is 5.13. The summed E-state index contributed by atoms with van der Waals surface area (Å²) in [6.07, 6.45) is 1.18. The molecule has 1 aromatic carbocycles. The van der Waals surface area contributed by atoms with E-state index in [9.17, 15) is 24.4 Å². The van der Waals surface area contributed by atoms with Crippen LogP contribution in [0.3, 0.4) is 0 Å². The van der Waals surface area contributed by atoms with Crippen LogP contribution in [0.1, 0.15) is 25.3 Å². The maximum absolute atomic E-state index is 13.3. The molecule has 0 spiro atoms. The predicted molar refractivity (Wildman–Crippen MR) is 68.7 cm³/mol. The van der Waals surface area contributed by atoms with Crippen molar-refractivity contribution in [3.05, 3.63) is 39.7 Å². The molecule has 1 aliphatic heterocycles. The van der Waals surface area contributed by atoms with Gasteiger partial charge in [0.05, 0.1) is 4.92 Å². The van der Waals surface area contributed by atoms with Gasteiger partial charge in [-0.05, 0) is 38.4 Å². The highest BCUT2D eigenvalue weighted by Gasteiger charge is 2.43. The number of hydrogen-bond acceptors (Lipinski definition) is 4. The molecule has 0 bridgehead atoms. The molecular formula is C13H15FN2O4. The number of benzene rings is 1. The molecule has 108 valence electrons. The standard InChI is InChI=1S/C13H15FN2O4/c1-13(12(17)18)5-2-6-15(13)8-9-7-10(14)3-4-11(9)16(19)20/h3-4,7H,2,5-6,8H2,1H3,(H,17,18). The van der Waals surface area contributed by atoms with Gasteiger partial charge in [-0.15, -0.1) is 0 Å². The Labute approximate surface area is 115 Å². The van der Waals surface area contributed by atoms with E-state index in [1.165, 1.54) is 0 Å². The van der Waals surface area contributed by atoms with Crippen molar-refractivity contribution >= 4 is 11.7 Å². The SMILES string of the molecule is CC1(C(=O)O)CCCN1Cc1cc(F)ccc1[N+](=O)[O-]. The van der Waals surface area contributed by atoms with Gasteiger partial charge in [0, 0.05) is 18.2 Å². The minimum absolute atomic E-state index is 0.0525. The first kappa shape index (κ1) is 14.4. The molecule has 2 rings (SSSR count). The first-order chi connectivity index (χ1) is 9.34. The Morgan fingerprint density at radius 3 is 2.90 bits per heavy atom. The number of carboxylic acids is 1. The lowest BCUT2D eigenvalue weighted by Crippen LogP contribution is -2.47. The molecule has 1 aromatic rings. The zero-order chi connectivity index (χ0) is 14.9. The minimum atomic E-state index is -1.06. The highest BCUT2D eigenvalue weighted by Crippen LogP contribution is 2.32. The summed E-state index contributed by atoms with van der Waals surface area (Å²) >= 11 is 0. The van der Waals surface area contributed by atoms with E-state index in [1.807, 2.05) is 0 Å². The van der Waals surface area contributed by atoms with Crippen LogP contribution in [0.15, 0.2) is 18.2 Å². The summed E-state index contributed by atoms with van der Waals surface area (Å²) in [7, 11) is 0. The lowest BCUT2D eigenvalue weighted by atomic mass is 9.98. The first-order valence-electron chi connectivity index (χ1n) is 6.26. The Bertz CT molecular complexity index is 563. The molecule has 7 heteroatoms. The highest BCUT2D eigenvalue weighted by atomic mass is 19.1. The van der Waals surface area contributed by atoms with Gasteiger partial charge in [0.1, 0.15) is 11.4 Å². The molecule has 0 aliphatic carbocycles. The number of nitro benzene ring substituents is 1. The third-order valence-electron chi connectivity index (χ3n) is 3.85. The molecule has 1 atom stereocenters. The van der Waals surface area contributed by atoms with E-state index >= 15 is 0 Å². The van der Waals surface area contributed by atoms with Crippen molar-refractivity contribution < 1.29 is 19.2 Å². The average molecular weight is 282 g/mol. The zero-order valence-corrected chi connectivity index (χ0v) is 11.0. The van der Waals surface area contributed by atoms with Crippen molar-refractivity contribution in [3.63, 3.8) is 0 Å². The molecule has 1 fully saturated rings. The van der Waals surface area contributed by atoms with Crippen LogP contribution in [0.4, 0.5) is 10.1 Å². The van der Waals surface area contributed by atoms with Gasteiger partial charge in [-0.2, -0.15) is 0 Å². The summed E-state index contributed by atoms with van der Waals surface area (Å²) in [5.74, 6) is -1.53. The summed E-state index contributed by atoms with van der Waals surface area (Å²) in [4.78, 5) is 23.4. The van der Waals surface area contributed by atoms with Gasteiger partial charge in [0.25, 0.3) is 5.69 Å². The molecule has 6 nitrogen and oxygen atoms in total. The first-order valence-corrected chi connectivity index (χ1v) is 6.26. The Morgan fingerprint density at radius 1 is 1.60 bits per heavy atom. The van der Waals surface area contributed by atoms with Gasteiger partial charge in [-0.25, -0.2) is 4.39 Å². The minimum Gasteiger partial charge on any atom is -0.480 e. The fourth-order valence-corrected chi connectivity index (χ4v) is 2.58.